The van der Waals surface area contributed by atoms with E-state index in [-0.39, 0.29) is 11.2 Å². The van der Waals surface area contributed by atoms with E-state index in [9.17, 15) is 4.79 Å². The minimum absolute atomic E-state index is 0.115. The molecule has 4 aliphatic rings. The van der Waals surface area contributed by atoms with Crippen LogP contribution in [0.15, 0.2) is 11.0 Å². The molecular formula is C14H20N2O. The second-order valence-electron chi connectivity index (χ2n) is 6.71. The van der Waals surface area contributed by atoms with Gasteiger partial charge in [-0.25, -0.2) is 4.79 Å². The Hall–Kier alpha value is -0.990. The van der Waals surface area contributed by atoms with Gasteiger partial charge in [0.2, 0.25) is 0 Å². The largest absolute Gasteiger partial charge is 0.326 e. The summed E-state index contributed by atoms with van der Waals surface area (Å²) in [4.78, 5) is 14.9. The Labute approximate surface area is 101 Å². The molecule has 0 atom stereocenters. The number of aromatic amines is 1. The highest BCUT2D eigenvalue weighted by Gasteiger charge is 2.52. The SMILES string of the molecule is Cc1c[nH]c(=O)n1C12CC3CC(CC(C3)C1)C2. The molecule has 0 aliphatic heterocycles. The van der Waals surface area contributed by atoms with Gasteiger partial charge in [-0.2, -0.15) is 0 Å². The first kappa shape index (κ1) is 9.98. The average Bonchev–Trinajstić information content (AvgIpc) is 2.56. The number of aryl methyl sites for hydroxylation is 1. The van der Waals surface area contributed by atoms with Crippen molar-refractivity contribution in [3.05, 3.63) is 22.4 Å². The molecule has 1 N–H and O–H groups in total. The van der Waals surface area contributed by atoms with E-state index in [1.54, 1.807) is 0 Å². The summed E-state index contributed by atoms with van der Waals surface area (Å²) in [5.41, 5.74) is 1.41. The van der Waals surface area contributed by atoms with Crippen molar-refractivity contribution in [2.45, 2.75) is 51.0 Å². The summed E-state index contributed by atoms with van der Waals surface area (Å²) >= 11 is 0. The standard InChI is InChI=1S/C14H20N2O/c1-9-8-15-13(17)16(9)14-5-10-2-11(6-14)4-12(3-10)7-14/h8,10-12H,2-7H2,1H3,(H,15,17). The van der Waals surface area contributed by atoms with Crippen LogP contribution in [0.4, 0.5) is 0 Å². The van der Waals surface area contributed by atoms with Crippen molar-refractivity contribution in [1.29, 1.82) is 0 Å². The van der Waals surface area contributed by atoms with Gasteiger partial charge in [0, 0.05) is 11.9 Å². The Morgan fingerprint density at radius 3 is 2.12 bits per heavy atom. The van der Waals surface area contributed by atoms with E-state index in [1.807, 2.05) is 6.20 Å². The van der Waals surface area contributed by atoms with Crippen molar-refractivity contribution in [2.24, 2.45) is 17.8 Å². The van der Waals surface area contributed by atoms with Gasteiger partial charge in [0.05, 0.1) is 5.54 Å². The summed E-state index contributed by atoms with van der Waals surface area (Å²) in [7, 11) is 0. The number of aromatic nitrogens is 2. The molecule has 0 spiro atoms. The Balaban J connectivity index is 1.85. The third-order valence-corrected chi connectivity index (χ3v) is 5.44. The first-order valence-corrected chi connectivity index (χ1v) is 6.94. The monoisotopic (exact) mass is 232 g/mol. The molecule has 17 heavy (non-hydrogen) atoms. The molecule has 1 aromatic rings. The molecule has 1 heterocycles. The van der Waals surface area contributed by atoms with Crippen molar-refractivity contribution in [3.8, 4) is 0 Å². The zero-order valence-corrected chi connectivity index (χ0v) is 10.4. The molecule has 0 radical (unpaired) electrons. The van der Waals surface area contributed by atoms with Crippen molar-refractivity contribution in [3.63, 3.8) is 0 Å². The molecule has 4 saturated carbocycles. The first-order valence-electron chi connectivity index (χ1n) is 6.94. The van der Waals surface area contributed by atoms with Crippen molar-refractivity contribution in [1.82, 2.24) is 9.55 Å². The average molecular weight is 232 g/mol. The third kappa shape index (κ3) is 1.25. The maximum atomic E-state index is 12.1. The summed E-state index contributed by atoms with van der Waals surface area (Å²) in [6, 6.07) is 0. The van der Waals surface area contributed by atoms with Crippen LogP contribution >= 0.6 is 0 Å². The number of imidazole rings is 1. The summed E-state index contributed by atoms with van der Waals surface area (Å²) in [5, 5.41) is 0. The maximum absolute atomic E-state index is 12.1. The van der Waals surface area contributed by atoms with Gasteiger partial charge in [-0.3, -0.25) is 4.57 Å². The number of nitrogens with one attached hydrogen (secondary N) is 1. The van der Waals surface area contributed by atoms with Gasteiger partial charge in [-0.15, -0.1) is 0 Å². The van der Waals surface area contributed by atoms with E-state index in [1.165, 1.54) is 38.5 Å². The lowest BCUT2D eigenvalue weighted by Gasteiger charge is -2.57. The quantitative estimate of drug-likeness (QED) is 0.793. The first-order chi connectivity index (χ1) is 8.16. The highest BCUT2D eigenvalue weighted by atomic mass is 16.1. The zero-order valence-electron chi connectivity index (χ0n) is 10.4. The number of hydrogen-bond acceptors (Lipinski definition) is 1. The molecule has 3 heteroatoms. The van der Waals surface area contributed by atoms with Crippen LogP contribution < -0.4 is 5.69 Å². The van der Waals surface area contributed by atoms with Crippen LogP contribution in [0.3, 0.4) is 0 Å². The summed E-state index contributed by atoms with van der Waals surface area (Å²) in [5.74, 6) is 2.67. The highest BCUT2D eigenvalue weighted by molar-refractivity contribution is 5.10. The normalized spacial score (nSPS) is 43.2. The molecule has 3 nitrogen and oxygen atoms in total. The third-order valence-electron chi connectivity index (χ3n) is 5.44. The Morgan fingerprint density at radius 2 is 1.71 bits per heavy atom. The van der Waals surface area contributed by atoms with E-state index in [0.29, 0.717) is 0 Å². The predicted octanol–water partition coefficient (Wildman–Crippen LogP) is 2.41. The van der Waals surface area contributed by atoms with Gasteiger partial charge >= 0.3 is 5.69 Å². The number of rotatable bonds is 1. The van der Waals surface area contributed by atoms with Crippen molar-refractivity contribution < 1.29 is 0 Å². The molecule has 5 rings (SSSR count). The molecular weight excluding hydrogens is 212 g/mol. The molecule has 0 amide bonds. The lowest BCUT2D eigenvalue weighted by molar-refractivity contribution is -0.0455. The summed E-state index contributed by atoms with van der Waals surface area (Å²) in [6.07, 6.45) is 9.90. The van der Waals surface area contributed by atoms with E-state index >= 15 is 0 Å². The van der Waals surface area contributed by atoms with Crippen LogP contribution in [0.1, 0.15) is 44.2 Å². The number of nitrogens with zero attached hydrogens (tertiary/aromatic N) is 1. The molecule has 0 saturated heterocycles. The van der Waals surface area contributed by atoms with Gasteiger partial charge in [0.25, 0.3) is 0 Å². The Kier molecular flexibility index (Phi) is 1.80. The predicted molar refractivity (Wildman–Crippen MR) is 65.9 cm³/mol. The molecule has 92 valence electrons. The Morgan fingerprint density at radius 1 is 1.18 bits per heavy atom. The van der Waals surface area contributed by atoms with Crippen LogP contribution in [-0.2, 0) is 5.54 Å². The van der Waals surface area contributed by atoms with E-state index in [2.05, 4.69) is 16.5 Å². The van der Waals surface area contributed by atoms with Gasteiger partial charge in [-0.1, -0.05) is 0 Å². The van der Waals surface area contributed by atoms with Crippen LogP contribution in [0.2, 0.25) is 0 Å². The van der Waals surface area contributed by atoms with Crippen molar-refractivity contribution >= 4 is 0 Å². The zero-order chi connectivity index (χ0) is 11.6. The van der Waals surface area contributed by atoms with Gasteiger partial charge in [0.1, 0.15) is 0 Å². The molecule has 4 aliphatic carbocycles. The second kappa shape index (κ2) is 3.06. The van der Waals surface area contributed by atoms with Crippen LogP contribution in [-0.4, -0.2) is 9.55 Å². The van der Waals surface area contributed by atoms with E-state index in [4.69, 9.17) is 0 Å². The Bertz CT molecular complexity index is 475. The van der Waals surface area contributed by atoms with Gasteiger partial charge in [0.15, 0.2) is 0 Å². The lowest BCUT2D eigenvalue weighted by atomic mass is 9.53. The van der Waals surface area contributed by atoms with Crippen LogP contribution in [0.25, 0.3) is 0 Å². The summed E-state index contributed by atoms with van der Waals surface area (Å²) < 4.78 is 2.09. The summed E-state index contributed by atoms with van der Waals surface area (Å²) in [6.45, 7) is 2.07. The maximum Gasteiger partial charge on any atom is 0.326 e. The number of hydrogen-bond donors (Lipinski definition) is 1. The molecule has 4 bridgehead atoms. The molecule has 1 aromatic heterocycles. The van der Waals surface area contributed by atoms with Crippen LogP contribution in [0, 0.1) is 24.7 Å². The lowest BCUT2D eigenvalue weighted by Crippen LogP contribution is -2.54. The smallest absolute Gasteiger partial charge is 0.312 e. The molecule has 4 fully saturated rings. The topological polar surface area (TPSA) is 37.8 Å². The van der Waals surface area contributed by atoms with Crippen LogP contribution in [0.5, 0.6) is 0 Å². The van der Waals surface area contributed by atoms with E-state index < -0.39 is 0 Å². The van der Waals surface area contributed by atoms with Crippen molar-refractivity contribution in [2.75, 3.05) is 0 Å². The minimum Gasteiger partial charge on any atom is -0.312 e. The second-order valence-corrected chi connectivity index (χ2v) is 6.71. The fraction of sp³-hybridized carbons (Fsp3) is 0.786. The number of H-pyrrole nitrogens is 1. The van der Waals surface area contributed by atoms with Gasteiger partial charge in [-0.05, 0) is 63.2 Å². The fourth-order valence-corrected chi connectivity index (χ4v) is 5.38. The van der Waals surface area contributed by atoms with E-state index in [0.717, 1.165) is 23.4 Å². The fourth-order valence-electron chi connectivity index (χ4n) is 5.38. The minimum atomic E-state index is 0.115. The highest BCUT2D eigenvalue weighted by Crippen LogP contribution is 2.58. The molecule has 0 unspecified atom stereocenters. The van der Waals surface area contributed by atoms with Gasteiger partial charge < -0.3 is 4.98 Å². The molecule has 0 aromatic carbocycles.